The summed E-state index contributed by atoms with van der Waals surface area (Å²) in [6.45, 7) is -2.45. The summed E-state index contributed by atoms with van der Waals surface area (Å²) in [7, 11) is 3.24. The number of pyridine rings is 1. The maximum Gasteiger partial charge on any atom is 0.387 e. The molecule has 2 atom stereocenters. The molecule has 1 aliphatic carbocycles. The molecule has 0 bridgehead atoms. The molecule has 5 rings (SSSR count). The van der Waals surface area contributed by atoms with E-state index in [4.69, 9.17) is 32.7 Å². The van der Waals surface area contributed by atoms with Crippen molar-refractivity contribution in [1.29, 1.82) is 0 Å². The van der Waals surface area contributed by atoms with Crippen molar-refractivity contribution >= 4 is 52.6 Å². The molecule has 0 radical (unpaired) electrons. The fourth-order valence-corrected chi connectivity index (χ4v) is 6.85. The largest absolute Gasteiger partial charge is 0.619 e. The highest BCUT2D eigenvalue weighted by molar-refractivity contribution is 8.00. The van der Waals surface area contributed by atoms with Gasteiger partial charge >= 0.3 is 12.6 Å². The lowest BCUT2D eigenvalue weighted by Gasteiger charge is -2.26. The lowest BCUT2D eigenvalue weighted by Crippen LogP contribution is -2.39. The van der Waals surface area contributed by atoms with Crippen molar-refractivity contribution in [3.8, 4) is 11.5 Å². The number of halogens is 4. The zero-order chi connectivity index (χ0) is 34.5. The topological polar surface area (TPSA) is 112 Å². The third-order valence-corrected chi connectivity index (χ3v) is 9.68. The van der Waals surface area contributed by atoms with Crippen LogP contribution in [-0.2, 0) is 16.0 Å². The molecule has 1 aliphatic heterocycles. The first-order chi connectivity index (χ1) is 22.9. The highest BCUT2D eigenvalue weighted by Crippen LogP contribution is 2.38. The smallest absolute Gasteiger partial charge is 0.387 e. The number of aromatic nitrogens is 1. The molecule has 1 amide bonds. The Morgan fingerprint density at radius 1 is 1.06 bits per heavy atom. The van der Waals surface area contributed by atoms with Crippen LogP contribution in [0.2, 0.25) is 10.0 Å². The standard InChI is InChI=1S/C33H33Cl2F2N3O7S/c1-38(2)30(42)22-5-3-4-20(12-22)26(41)17-39-10-11-48-31(39)32(43)46-28(14-23-24(34)15-40(44)16-25(23)35)21-8-9-27(47-33(36)37)29(13-21)45-18-19-6-7-19/h3-5,8-9,12-13,15-16,19,28,31,33H,6-7,10-11,14,17-18H2,1-2H3/t28-,31?/m0/s1. The van der Waals surface area contributed by atoms with E-state index in [9.17, 15) is 28.4 Å². The summed E-state index contributed by atoms with van der Waals surface area (Å²) >= 11 is 14.1. The van der Waals surface area contributed by atoms with Crippen molar-refractivity contribution in [2.24, 2.45) is 5.92 Å². The number of hydrogen-bond acceptors (Lipinski definition) is 9. The van der Waals surface area contributed by atoms with Crippen LogP contribution in [0.15, 0.2) is 54.9 Å². The molecule has 2 aliphatic rings. The second-order valence-corrected chi connectivity index (χ2v) is 13.7. The van der Waals surface area contributed by atoms with Gasteiger partial charge in [0.1, 0.15) is 16.1 Å². The zero-order valence-electron chi connectivity index (χ0n) is 26.1. The van der Waals surface area contributed by atoms with Crippen LogP contribution in [0.1, 0.15) is 50.8 Å². The van der Waals surface area contributed by atoms with Gasteiger partial charge < -0.3 is 24.3 Å². The van der Waals surface area contributed by atoms with E-state index in [0.29, 0.717) is 51.8 Å². The number of thioether (sulfide) groups is 1. The van der Waals surface area contributed by atoms with Gasteiger partial charge in [0.2, 0.25) is 0 Å². The molecule has 1 saturated carbocycles. The Bertz CT molecular complexity index is 1650. The summed E-state index contributed by atoms with van der Waals surface area (Å²) in [6, 6.07) is 10.7. The van der Waals surface area contributed by atoms with E-state index in [-0.39, 0.29) is 46.2 Å². The zero-order valence-corrected chi connectivity index (χ0v) is 28.4. The van der Waals surface area contributed by atoms with Crippen LogP contribution in [0.3, 0.4) is 0 Å². The third-order valence-electron chi connectivity index (χ3n) is 7.80. The lowest BCUT2D eigenvalue weighted by molar-refractivity contribution is -0.605. The minimum Gasteiger partial charge on any atom is -0.619 e. The maximum atomic E-state index is 13.8. The quantitative estimate of drug-likeness (QED) is 0.0882. The van der Waals surface area contributed by atoms with Crippen molar-refractivity contribution in [2.75, 3.05) is 39.5 Å². The molecule has 10 nitrogen and oxygen atoms in total. The number of esters is 1. The fraction of sp³-hybridized carbons (Fsp3) is 0.394. The van der Waals surface area contributed by atoms with Crippen LogP contribution in [0, 0.1) is 11.1 Å². The van der Waals surface area contributed by atoms with Crippen molar-refractivity contribution in [1.82, 2.24) is 9.80 Å². The molecule has 3 aromatic rings. The van der Waals surface area contributed by atoms with Gasteiger partial charge in [0.05, 0.1) is 13.2 Å². The van der Waals surface area contributed by atoms with E-state index in [1.807, 2.05) is 0 Å². The Morgan fingerprint density at radius 3 is 2.44 bits per heavy atom. The average Bonchev–Trinajstić information content (AvgIpc) is 3.76. The maximum absolute atomic E-state index is 13.8. The molecule has 0 spiro atoms. The first kappa shape index (κ1) is 35.7. The van der Waals surface area contributed by atoms with Gasteiger partial charge in [-0.05, 0) is 48.6 Å². The fourth-order valence-electron chi connectivity index (χ4n) is 5.10. The number of amides is 1. The monoisotopic (exact) mass is 723 g/mol. The number of ether oxygens (including phenoxy) is 3. The molecule has 256 valence electrons. The number of carbonyl (C=O) groups is 3. The van der Waals surface area contributed by atoms with Crippen LogP contribution in [0.5, 0.6) is 11.5 Å². The number of hydrogen-bond donors (Lipinski definition) is 0. The number of rotatable bonds is 14. The summed E-state index contributed by atoms with van der Waals surface area (Å²) in [4.78, 5) is 42.6. The molecule has 1 aromatic heterocycles. The van der Waals surface area contributed by atoms with E-state index >= 15 is 0 Å². The average molecular weight is 725 g/mol. The first-order valence-corrected chi connectivity index (χ1v) is 16.9. The van der Waals surface area contributed by atoms with E-state index in [1.165, 1.54) is 40.9 Å². The van der Waals surface area contributed by atoms with Crippen LogP contribution >= 0.6 is 35.0 Å². The molecule has 1 saturated heterocycles. The van der Waals surface area contributed by atoms with E-state index in [0.717, 1.165) is 25.2 Å². The van der Waals surface area contributed by atoms with Gasteiger partial charge in [-0.25, -0.2) is 4.79 Å². The second-order valence-electron chi connectivity index (χ2n) is 11.7. The number of alkyl halides is 2. The van der Waals surface area contributed by atoms with Crippen molar-refractivity contribution < 1.29 is 42.1 Å². The molecule has 15 heteroatoms. The highest BCUT2D eigenvalue weighted by atomic mass is 35.5. The lowest BCUT2D eigenvalue weighted by atomic mass is 10.0. The summed E-state index contributed by atoms with van der Waals surface area (Å²) in [6.07, 6.45) is 3.05. The van der Waals surface area contributed by atoms with E-state index < -0.39 is 24.1 Å². The molecular formula is C33H33Cl2F2N3O7S. The summed E-state index contributed by atoms with van der Waals surface area (Å²) < 4.78 is 43.4. The van der Waals surface area contributed by atoms with E-state index in [2.05, 4.69) is 4.74 Å². The predicted octanol–water partition coefficient (Wildman–Crippen LogP) is 5.80. The Morgan fingerprint density at radius 2 is 1.77 bits per heavy atom. The molecule has 2 heterocycles. The third kappa shape index (κ3) is 9.07. The highest BCUT2D eigenvalue weighted by Gasteiger charge is 2.36. The summed E-state index contributed by atoms with van der Waals surface area (Å²) in [5.74, 6) is -0.423. The van der Waals surface area contributed by atoms with Gasteiger partial charge in [-0.2, -0.15) is 13.5 Å². The van der Waals surface area contributed by atoms with Crippen LogP contribution in [0.25, 0.3) is 0 Å². The Hall–Kier alpha value is -3.65. The normalized spacial score (nSPS) is 16.9. The SMILES string of the molecule is CN(C)C(=O)c1cccc(C(=O)CN2CCSC2C(=O)O[C@@H](Cc2c(Cl)c[n+]([O-])cc2Cl)c2ccc(OC(F)F)c(OCC3CC3)c2)c1. The molecule has 1 unspecified atom stereocenters. The second kappa shape index (κ2) is 15.7. The van der Waals surface area contributed by atoms with Gasteiger partial charge in [-0.1, -0.05) is 41.4 Å². The van der Waals surface area contributed by atoms with E-state index in [1.54, 1.807) is 37.2 Å². The van der Waals surface area contributed by atoms with Gasteiger partial charge in [-0.3, -0.25) is 14.5 Å². The molecular weight excluding hydrogens is 691 g/mol. The number of nitrogens with zero attached hydrogens (tertiary/aromatic N) is 3. The van der Waals surface area contributed by atoms with Gasteiger partial charge in [0.25, 0.3) is 5.91 Å². The molecule has 2 aromatic carbocycles. The van der Waals surface area contributed by atoms with Crippen molar-refractivity contribution in [2.45, 2.75) is 37.4 Å². The van der Waals surface area contributed by atoms with Gasteiger partial charge in [0.15, 0.2) is 35.0 Å². The number of benzene rings is 2. The molecule has 2 fully saturated rings. The molecule has 0 N–H and O–H groups in total. The van der Waals surface area contributed by atoms with Gasteiger partial charge in [-0.15, -0.1) is 11.8 Å². The Labute approximate surface area is 290 Å². The van der Waals surface area contributed by atoms with Gasteiger partial charge in [0, 0.05) is 49.5 Å². The number of Topliss-reactive ketones (excluding diaryl/α,β-unsaturated/α-hetero) is 1. The predicted molar refractivity (Wildman–Crippen MR) is 176 cm³/mol. The minimum absolute atomic E-state index is 0.0406. The number of ketones is 1. The Balaban J connectivity index is 1.39. The van der Waals surface area contributed by atoms with Crippen LogP contribution in [0.4, 0.5) is 8.78 Å². The first-order valence-electron chi connectivity index (χ1n) is 15.1. The summed E-state index contributed by atoms with van der Waals surface area (Å²) in [5, 5.41) is 11.1. The van der Waals surface area contributed by atoms with Crippen molar-refractivity contribution in [3.05, 3.63) is 92.4 Å². The van der Waals surface area contributed by atoms with Crippen LogP contribution < -0.4 is 14.2 Å². The molecule has 48 heavy (non-hydrogen) atoms. The van der Waals surface area contributed by atoms with Crippen LogP contribution in [-0.4, -0.2) is 79.0 Å². The number of carbonyl (C=O) groups excluding carboxylic acids is 3. The summed E-state index contributed by atoms with van der Waals surface area (Å²) in [5.41, 5.74) is 1.41. The Kier molecular flexibility index (Phi) is 11.7. The minimum atomic E-state index is -3.09. The van der Waals surface area contributed by atoms with Crippen molar-refractivity contribution in [3.63, 3.8) is 0 Å².